The van der Waals surface area contributed by atoms with Crippen LogP contribution in [0.25, 0.3) is 21.8 Å². The lowest BCUT2D eigenvalue weighted by atomic mass is 9.79. The Bertz CT molecular complexity index is 1310. The molecule has 11 heteroatoms. The van der Waals surface area contributed by atoms with Gasteiger partial charge < -0.3 is 15.5 Å². The Morgan fingerprint density at radius 3 is 2.74 bits per heavy atom. The van der Waals surface area contributed by atoms with Crippen LogP contribution in [0.1, 0.15) is 36.3 Å². The zero-order chi connectivity index (χ0) is 23.7. The van der Waals surface area contributed by atoms with Crippen molar-refractivity contribution in [2.75, 3.05) is 5.32 Å². The third-order valence-corrected chi connectivity index (χ3v) is 7.23. The van der Waals surface area contributed by atoms with Crippen molar-refractivity contribution in [3.05, 3.63) is 53.4 Å². The standard InChI is InChI=1S/C23H23N7O3S/c1-13-8-16(18-12-25-22(34-18)23(33)5-2-14(3-6-23)21(31)32)27-20(9-13)28-19-10-15(4-7-24-19)17-11-26-30-29-17/h4,7-12,14,33H,2-3,5-6H2,1H3,(H,31,32)(H,24,27,28)(H,26,29,30)/t14-,23-. The molecule has 0 unspecified atom stereocenters. The molecule has 34 heavy (non-hydrogen) atoms. The number of carboxylic acids is 1. The monoisotopic (exact) mass is 477 g/mol. The number of pyridine rings is 2. The van der Waals surface area contributed by atoms with E-state index in [1.165, 1.54) is 11.3 Å². The maximum atomic E-state index is 11.2. The smallest absolute Gasteiger partial charge is 0.306 e. The molecule has 4 N–H and O–H groups in total. The number of aromatic amines is 1. The lowest BCUT2D eigenvalue weighted by Gasteiger charge is -2.32. The molecule has 0 saturated heterocycles. The first kappa shape index (κ1) is 22.1. The first-order valence-electron chi connectivity index (χ1n) is 10.9. The van der Waals surface area contributed by atoms with E-state index >= 15 is 0 Å². The molecule has 0 radical (unpaired) electrons. The molecule has 4 aromatic rings. The number of nitrogens with one attached hydrogen (secondary N) is 2. The fraction of sp³-hybridized carbons (Fsp3) is 0.304. The summed E-state index contributed by atoms with van der Waals surface area (Å²) in [5.74, 6) is 0.0598. The first-order chi connectivity index (χ1) is 16.4. The van der Waals surface area contributed by atoms with Gasteiger partial charge in [-0.05, 0) is 62.4 Å². The number of aliphatic hydroxyl groups is 1. The van der Waals surface area contributed by atoms with Gasteiger partial charge in [-0.3, -0.25) is 9.89 Å². The number of carbonyl (C=O) groups is 1. The number of aryl methyl sites for hydroxylation is 1. The predicted molar refractivity (Wildman–Crippen MR) is 126 cm³/mol. The van der Waals surface area contributed by atoms with Gasteiger partial charge in [0, 0.05) is 24.2 Å². The van der Waals surface area contributed by atoms with Crippen LogP contribution in [0.15, 0.2) is 42.9 Å². The molecule has 174 valence electrons. The summed E-state index contributed by atoms with van der Waals surface area (Å²) in [6.07, 6.45) is 6.78. The summed E-state index contributed by atoms with van der Waals surface area (Å²) in [7, 11) is 0. The molecule has 0 amide bonds. The Kier molecular flexibility index (Phi) is 5.80. The van der Waals surface area contributed by atoms with Gasteiger partial charge in [0.25, 0.3) is 0 Å². The maximum absolute atomic E-state index is 11.2. The summed E-state index contributed by atoms with van der Waals surface area (Å²) < 4.78 is 0. The number of aromatic nitrogens is 6. The van der Waals surface area contributed by atoms with Crippen LogP contribution >= 0.6 is 11.3 Å². The van der Waals surface area contributed by atoms with Gasteiger partial charge in [0.15, 0.2) is 0 Å². The van der Waals surface area contributed by atoms with E-state index in [1.54, 1.807) is 18.6 Å². The van der Waals surface area contributed by atoms with Gasteiger partial charge in [0.05, 0.1) is 16.5 Å². The van der Waals surface area contributed by atoms with E-state index in [1.807, 2.05) is 31.2 Å². The molecule has 1 aliphatic rings. The van der Waals surface area contributed by atoms with Crippen molar-refractivity contribution in [3.63, 3.8) is 0 Å². The molecular weight excluding hydrogens is 454 g/mol. The van der Waals surface area contributed by atoms with Crippen molar-refractivity contribution in [1.82, 2.24) is 30.4 Å². The Morgan fingerprint density at radius 1 is 1.18 bits per heavy atom. The van der Waals surface area contributed by atoms with Crippen molar-refractivity contribution < 1.29 is 15.0 Å². The highest BCUT2D eigenvalue weighted by atomic mass is 32.1. The maximum Gasteiger partial charge on any atom is 0.306 e. The number of anilines is 2. The van der Waals surface area contributed by atoms with E-state index in [4.69, 9.17) is 4.98 Å². The van der Waals surface area contributed by atoms with Crippen LogP contribution in [0.3, 0.4) is 0 Å². The van der Waals surface area contributed by atoms with Crippen LogP contribution in [0.5, 0.6) is 0 Å². The van der Waals surface area contributed by atoms with Gasteiger partial charge in [-0.15, -0.1) is 16.4 Å². The number of H-pyrrole nitrogens is 1. The van der Waals surface area contributed by atoms with Gasteiger partial charge in [-0.25, -0.2) is 15.0 Å². The zero-order valence-corrected chi connectivity index (χ0v) is 19.2. The number of rotatable bonds is 6. The van der Waals surface area contributed by atoms with Gasteiger partial charge in [-0.1, -0.05) is 5.21 Å². The number of nitrogens with zero attached hydrogens (tertiary/aromatic N) is 5. The number of aliphatic carboxylic acids is 1. The highest BCUT2D eigenvalue weighted by Gasteiger charge is 2.39. The van der Waals surface area contributed by atoms with Crippen molar-refractivity contribution in [2.24, 2.45) is 5.92 Å². The van der Waals surface area contributed by atoms with Crippen molar-refractivity contribution in [2.45, 2.75) is 38.2 Å². The molecule has 1 aliphatic carbocycles. The predicted octanol–water partition coefficient (Wildman–Crippen LogP) is 3.90. The van der Waals surface area contributed by atoms with Crippen molar-refractivity contribution in [3.8, 4) is 21.8 Å². The average Bonchev–Trinajstić information content (AvgIpc) is 3.52. The minimum Gasteiger partial charge on any atom is -0.481 e. The van der Waals surface area contributed by atoms with Gasteiger partial charge in [-0.2, -0.15) is 0 Å². The molecular formula is C23H23N7O3S. The summed E-state index contributed by atoms with van der Waals surface area (Å²) in [6.45, 7) is 1.98. The topological polar surface area (TPSA) is 150 Å². The largest absolute Gasteiger partial charge is 0.481 e. The van der Waals surface area contributed by atoms with E-state index in [9.17, 15) is 15.0 Å². The van der Waals surface area contributed by atoms with E-state index in [-0.39, 0.29) is 0 Å². The normalized spacial score (nSPS) is 20.2. The van der Waals surface area contributed by atoms with Crippen molar-refractivity contribution >= 4 is 28.9 Å². The lowest BCUT2D eigenvalue weighted by molar-refractivity contribution is -0.145. The summed E-state index contributed by atoms with van der Waals surface area (Å²) >= 11 is 1.39. The number of hydrogen-bond donors (Lipinski definition) is 4. The molecule has 5 rings (SSSR count). The van der Waals surface area contributed by atoms with Gasteiger partial charge >= 0.3 is 5.97 Å². The molecule has 0 aliphatic heterocycles. The summed E-state index contributed by atoms with van der Waals surface area (Å²) in [4.78, 5) is 25.7. The molecule has 0 aromatic carbocycles. The fourth-order valence-electron chi connectivity index (χ4n) is 4.15. The zero-order valence-electron chi connectivity index (χ0n) is 18.4. The third kappa shape index (κ3) is 4.52. The summed E-state index contributed by atoms with van der Waals surface area (Å²) in [6, 6.07) is 7.62. The van der Waals surface area contributed by atoms with Crippen molar-refractivity contribution in [1.29, 1.82) is 0 Å². The van der Waals surface area contributed by atoms with Gasteiger partial charge in [0.2, 0.25) is 0 Å². The summed E-state index contributed by atoms with van der Waals surface area (Å²) in [5.41, 5.74) is 2.25. The SMILES string of the molecule is Cc1cc(Nc2cc(-c3c[nH]nn3)ccn2)nc(-c2cnc([C@]3(O)CC[C@H](C(=O)O)CC3)s2)c1. The fourth-order valence-corrected chi connectivity index (χ4v) is 5.18. The molecule has 0 atom stereocenters. The Labute approximate surface area is 199 Å². The molecule has 0 spiro atoms. The second-order valence-corrected chi connectivity index (χ2v) is 9.53. The molecule has 4 aromatic heterocycles. The van der Waals surface area contributed by atoms with E-state index < -0.39 is 17.5 Å². The average molecular weight is 478 g/mol. The minimum atomic E-state index is -1.09. The van der Waals surface area contributed by atoms with Crippen LogP contribution in [-0.2, 0) is 10.4 Å². The molecule has 10 nitrogen and oxygen atoms in total. The number of thiazole rings is 1. The Hall–Kier alpha value is -3.70. The van der Waals surface area contributed by atoms with E-state index in [2.05, 4.69) is 30.7 Å². The highest BCUT2D eigenvalue weighted by Crippen LogP contribution is 2.42. The third-order valence-electron chi connectivity index (χ3n) is 6.02. The second-order valence-electron chi connectivity index (χ2n) is 8.50. The van der Waals surface area contributed by atoms with E-state index in [0.717, 1.165) is 27.4 Å². The molecule has 0 bridgehead atoms. The minimum absolute atomic E-state index is 0.387. The first-order valence-corrected chi connectivity index (χ1v) is 11.7. The second kappa shape index (κ2) is 8.92. The quantitative estimate of drug-likeness (QED) is 0.324. The highest BCUT2D eigenvalue weighted by molar-refractivity contribution is 7.15. The lowest BCUT2D eigenvalue weighted by Crippen LogP contribution is -2.33. The number of hydrogen-bond acceptors (Lipinski definition) is 9. The van der Waals surface area contributed by atoms with Crippen LogP contribution in [0.4, 0.5) is 11.6 Å². The van der Waals surface area contributed by atoms with Gasteiger partial charge in [0.1, 0.15) is 27.9 Å². The van der Waals surface area contributed by atoms with Crippen LogP contribution in [-0.4, -0.2) is 46.5 Å². The van der Waals surface area contributed by atoms with Crippen LogP contribution < -0.4 is 5.32 Å². The van der Waals surface area contributed by atoms with Crippen LogP contribution in [0, 0.1) is 12.8 Å². The number of carboxylic acid groups (broad SMARTS) is 1. The molecule has 4 heterocycles. The molecule has 1 fully saturated rings. The Morgan fingerprint density at radius 2 is 2.00 bits per heavy atom. The van der Waals surface area contributed by atoms with E-state index in [0.29, 0.717) is 42.3 Å². The summed E-state index contributed by atoms with van der Waals surface area (Å²) in [5, 5.41) is 34.7. The molecule has 1 saturated carbocycles. The Balaban J connectivity index is 1.36. The van der Waals surface area contributed by atoms with Crippen LogP contribution in [0.2, 0.25) is 0 Å².